The van der Waals surface area contributed by atoms with E-state index in [0.717, 1.165) is 0 Å². The lowest BCUT2D eigenvalue weighted by Gasteiger charge is -2.03. The molecule has 0 saturated carbocycles. The summed E-state index contributed by atoms with van der Waals surface area (Å²) in [5.41, 5.74) is 0. The van der Waals surface area contributed by atoms with Crippen molar-refractivity contribution in [2.75, 3.05) is 6.16 Å². The topological polar surface area (TPSA) is 0 Å². The molecule has 1 atom stereocenters. The first-order chi connectivity index (χ1) is 11.4. The molecule has 0 amide bonds. The Bertz CT molecular complexity index is 176. The van der Waals surface area contributed by atoms with Crippen molar-refractivity contribution >= 4 is 9.24 Å². The van der Waals surface area contributed by atoms with Gasteiger partial charge in [-0.25, -0.2) is 0 Å². The van der Waals surface area contributed by atoms with Gasteiger partial charge in [0.15, 0.2) is 0 Å². The molecule has 2 heteroatoms. The van der Waals surface area contributed by atoms with Crippen LogP contribution in [0.4, 0.5) is 0 Å². The predicted octanol–water partition coefficient (Wildman–Crippen LogP) is 5.42. The van der Waals surface area contributed by atoms with Gasteiger partial charge in [-0.15, -0.1) is 0 Å². The Morgan fingerprint density at radius 1 is 0.375 bits per heavy atom. The molecule has 0 saturated heterocycles. The van der Waals surface area contributed by atoms with E-state index in [2.05, 4.69) is 16.2 Å². The highest BCUT2D eigenvalue weighted by Crippen LogP contribution is 2.14. The van der Waals surface area contributed by atoms with Crippen LogP contribution in [0.3, 0.4) is 0 Å². The van der Waals surface area contributed by atoms with Crippen LogP contribution in [-0.2, 0) is 0 Å². The molecule has 0 aromatic rings. The van der Waals surface area contributed by atoms with Crippen LogP contribution >= 0.6 is 9.24 Å². The minimum Gasteiger partial charge on any atom is -1.00 e. The Balaban J connectivity index is 0. The molecular formula is C22H48BrP. The average Bonchev–Trinajstić information content (AvgIpc) is 2.57. The normalized spacial score (nSPS) is 10.9. The highest BCUT2D eigenvalue weighted by molar-refractivity contribution is 7.16. The second-order valence-corrected chi connectivity index (χ2v) is 8.28. The van der Waals surface area contributed by atoms with Crippen molar-refractivity contribution in [2.45, 2.75) is 135 Å². The molecule has 148 valence electrons. The van der Waals surface area contributed by atoms with Crippen LogP contribution in [0.25, 0.3) is 0 Å². The zero-order valence-electron chi connectivity index (χ0n) is 16.9. The molecule has 1 unspecified atom stereocenters. The van der Waals surface area contributed by atoms with E-state index < -0.39 is 0 Å². The Morgan fingerprint density at radius 3 is 0.792 bits per heavy atom. The minimum atomic E-state index is 0. The number of hydrogen-bond acceptors (Lipinski definition) is 0. The molecule has 24 heavy (non-hydrogen) atoms. The van der Waals surface area contributed by atoms with Crippen molar-refractivity contribution < 1.29 is 17.0 Å². The van der Waals surface area contributed by atoms with E-state index in [9.17, 15) is 0 Å². The maximum atomic E-state index is 2.30. The Hall–Kier alpha value is 0.910. The molecule has 0 fully saturated rings. The van der Waals surface area contributed by atoms with Crippen LogP contribution in [0, 0.1) is 0 Å². The lowest BCUT2D eigenvalue weighted by Crippen LogP contribution is -3.00. The van der Waals surface area contributed by atoms with E-state index in [1.165, 1.54) is 135 Å². The molecule has 0 bridgehead atoms. The summed E-state index contributed by atoms with van der Waals surface area (Å²) in [6.07, 6.45) is 31.0. The molecule has 0 nitrogen and oxygen atoms in total. The van der Waals surface area contributed by atoms with Gasteiger partial charge in [-0.3, -0.25) is 0 Å². The van der Waals surface area contributed by atoms with Gasteiger partial charge >= 0.3 is 0 Å². The first kappa shape index (κ1) is 27.1. The number of rotatable bonds is 20. The monoisotopic (exact) mass is 422 g/mol. The molecule has 0 spiro atoms. The van der Waals surface area contributed by atoms with Gasteiger partial charge in [0.25, 0.3) is 0 Å². The number of hydrogen-bond donors (Lipinski definition) is 0. The average molecular weight is 424 g/mol. The summed E-state index contributed by atoms with van der Waals surface area (Å²) in [5.74, 6) is 0. The highest BCUT2D eigenvalue weighted by Gasteiger charge is 1.95. The lowest BCUT2D eigenvalue weighted by atomic mass is 10.0. The zero-order valence-corrected chi connectivity index (χ0v) is 19.9. The van der Waals surface area contributed by atoms with Crippen molar-refractivity contribution in [3.05, 3.63) is 0 Å². The van der Waals surface area contributed by atoms with Gasteiger partial charge in [0.05, 0.1) is 6.16 Å². The molecule has 0 aromatic carbocycles. The maximum absolute atomic E-state index is 2.30. The number of unbranched alkanes of at least 4 members (excludes halogenated alkanes) is 19. The first-order valence-corrected chi connectivity index (χ1v) is 12.2. The third kappa shape index (κ3) is 25.2. The zero-order chi connectivity index (χ0) is 16.8. The second kappa shape index (κ2) is 26.1. The molecule has 0 aliphatic heterocycles. The van der Waals surface area contributed by atoms with Crippen LogP contribution in [0.2, 0.25) is 0 Å². The van der Waals surface area contributed by atoms with Crippen LogP contribution in [-0.4, -0.2) is 6.16 Å². The molecular weight excluding hydrogens is 375 g/mol. The van der Waals surface area contributed by atoms with Crippen molar-refractivity contribution in [2.24, 2.45) is 0 Å². The molecule has 0 aliphatic carbocycles. The van der Waals surface area contributed by atoms with Crippen molar-refractivity contribution in [3.63, 3.8) is 0 Å². The predicted molar refractivity (Wildman–Crippen MR) is 114 cm³/mol. The van der Waals surface area contributed by atoms with Gasteiger partial charge in [-0.1, -0.05) is 122 Å². The van der Waals surface area contributed by atoms with Gasteiger partial charge < -0.3 is 17.0 Å². The van der Waals surface area contributed by atoms with Crippen LogP contribution in [0.15, 0.2) is 0 Å². The summed E-state index contributed by atoms with van der Waals surface area (Å²) in [5, 5.41) is 0. The lowest BCUT2D eigenvalue weighted by molar-refractivity contribution is -0.00000506. The molecule has 0 N–H and O–H groups in total. The van der Waals surface area contributed by atoms with Gasteiger partial charge in [0, 0.05) is 0 Å². The maximum Gasteiger partial charge on any atom is 0.0526 e. The summed E-state index contributed by atoms with van der Waals surface area (Å²) < 4.78 is 0. The smallest absolute Gasteiger partial charge is 0.0526 e. The Labute approximate surface area is 167 Å². The summed E-state index contributed by atoms with van der Waals surface area (Å²) in [6.45, 7) is 2.30. The molecule has 0 aliphatic rings. The largest absolute Gasteiger partial charge is 1.00 e. The fourth-order valence-electron chi connectivity index (χ4n) is 3.43. The van der Waals surface area contributed by atoms with E-state index in [1.54, 1.807) is 0 Å². The van der Waals surface area contributed by atoms with E-state index in [0.29, 0.717) is 0 Å². The standard InChI is InChI=1S/C22H47P.BrH/c1-2-3-4-5-6-7-8-9-10-11-12-13-14-15-16-17-18-19-20-21-22-23;/h2-23H2,1H3;1H. The first-order valence-electron chi connectivity index (χ1n) is 11.2. The van der Waals surface area contributed by atoms with E-state index >= 15 is 0 Å². The third-order valence-corrected chi connectivity index (χ3v) is 5.60. The molecule has 0 heterocycles. The SMILES string of the molecule is CCCCCCCCCCCCCCCCCCCCCC[PH3+].[Br-]. The quantitative estimate of drug-likeness (QED) is 0.181. The number of halogens is 1. The molecule has 0 radical (unpaired) electrons. The van der Waals surface area contributed by atoms with Gasteiger partial charge in [-0.05, 0) is 22.1 Å². The van der Waals surface area contributed by atoms with Crippen molar-refractivity contribution in [1.82, 2.24) is 0 Å². The van der Waals surface area contributed by atoms with Crippen molar-refractivity contribution in [3.8, 4) is 0 Å². The fourth-order valence-corrected chi connectivity index (χ4v) is 3.79. The van der Waals surface area contributed by atoms with Crippen LogP contribution < -0.4 is 17.0 Å². The third-order valence-electron chi connectivity index (χ3n) is 5.10. The summed E-state index contributed by atoms with van der Waals surface area (Å²) in [4.78, 5) is 0. The molecule has 0 rings (SSSR count). The van der Waals surface area contributed by atoms with E-state index in [4.69, 9.17) is 0 Å². The van der Waals surface area contributed by atoms with Gasteiger partial charge in [0.1, 0.15) is 0 Å². The summed E-state index contributed by atoms with van der Waals surface area (Å²) >= 11 is 0. The minimum absolute atomic E-state index is 0. The van der Waals surface area contributed by atoms with E-state index in [-0.39, 0.29) is 17.0 Å². The van der Waals surface area contributed by atoms with Gasteiger partial charge in [-0.2, -0.15) is 0 Å². The summed E-state index contributed by atoms with van der Waals surface area (Å²) in [7, 11) is 2.12. The molecule has 0 aromatic heterocycles. The Morgan fingerprint density at radius 2 is 0.583 bits per heavy atom. The van der Waals surface area contributed by atoms with Crippen molar-refractivity contribution in [1.29, 1.82) is 0 Å². The summed E-state index contributed by atoms with van der Waals surface area (Å²) in [6, 6.07) is 0. The van der Waals surface area contributed by atoms with E-state index in [1.807, 2.05) is 0 Å². The van der Waals surface area contributed by atoms with Crippen LogP contribution in [0.1, 0.15) is 135 Å². The van der Waals surface area contributed by atoms with Gasteiger partial charge in [0.2, 0.25) is 0 Å². The highest BCUT2D eigenvalue weighted by atomic mass is 79.9. The second-order valence-electron chi connectivity index (χ2n) is 7.57. The van der Waals surface area contributed by atoms with Crippen LogP contribution in [0.5, 0.6) is 0 Å². The fraction of sp³-hybridized carbons (Fsp3) is 1.00. The Kier molecular flexibility index (Phi) is 29.6.